The lowest BCUT2D eigenvalue weighted by Gasteiger charge is -2.71. The number of hydrogen-bond acceptors (Lipinski definition) is 7. The SMILES string of the molecule is CC1(C)CC[C@]2(C(=O)O)CC[C@]3(C)C(=CC[C@@H]4[C@@]5(C)CC[C@H](OS(=O)(=O)O)C(C)(COS(=O)(=O)O)[C@@H]5CC[C@]43C)[C@@H]2C1. The minimum atomic E-state index is -4.83. The standard InChI is InChI=1S/C30H48O10S2/c1-25(2)13-15-30(24(31)32)16-14-28(5)19(20(30)17-25)7-8-22-26(3)11-10-23(40-42(36,37)38)27(4,18-39-41(33,34)35)21(26)9-12-29(22,28)6/h7,20-23H,8-18H2,1-6H3,(H,31,32)(H,33,34,35)(H,36,37,38)/t20-,21+,22+,23-,26-,27?,28+,29+,30-/m0/s1. The van der Waals surface area contributed by atoms with E-state index in [0.29, 0.717) is 25.7 Å². The zero-order chi connectivity index (χ0) is 31.4. The van der Waals surface area contributed by atoms with Gasteiger partial charge in [-0.05, 0) is 104 Å². The van der Waals surface area contributed by atoms with Crippen molar-refractivity contribution < 1.29 is 44.2 Å². The molecule has 0 saturated heterocycles. The summed E-state index contributed by atoms with van der Waals surface area (Å²) in [6, 6.07) is 0. The van der Waals surface area contributed by atoms with Gasteiger partial charge in [0.15, 0.2) is 0 Å². The fourth-order valence-electron chi connectivity index (χ4n) is 11.1. The molecule has 4 saturated carbocycles. The van der Waals surface area contributed by atoms with Gasteiger partial charge in [0.1, 0.15) is 0 Å². The van der Waals surface area contributed by atoms with Gasteiger partial charge in [-0.2, -0.15) is 16.8 Å². The van der Waals surface area contributed by atoms with Crippen molar-refractivity contribution in [3.8, 4) is 0 Å². The zero-order valence-electron chi connectivity index (χ0n) is 25.7. The van der Waals surface area contributed by atoms with E-state index in [2.05, 4.69) is 40.7 Å². The third-order valence-electron chi connectivity index (χ3n) is 13.6. The fourth-order valence-corrected chi connectivity index (χ4v) is 12.1. The van der Waals surface area contributed by atoms with Crippen molar-refractivity contribution in [3.63, 3.8) is 0 Å². The number of fused-ring (bicyclic) bond motifs is 7. The van der Waals surface area contributed by atoms with Crippen LogP contribution in [0.3, 0.4) is 0 Å². The second-order valence-corrected chi connectivity index (χ2v) is 18.1. The van der Waals surface area contributed by atoms with Crippen LogP contribution in [0.25, 0.3) is 0 Å². The Morgan fingerprint density at radius 2 is 1.52 bits per heavy atom. The maximum absolute atomic E-state index is 12.9. The van der Waals surface area contributed by atoms with E-state index >= 15 is 0 Å². The number of carboxylic acids is 1. The molecule has 0 bridgehead atoms. The molecule has 5 rings (SSSR count). The third kappa shape index (κ3) is 4.81. The van der Waals surface area contributed by atoms with Crippen molar-refractivity contribution in [2.45, 2.75) is 112 Å². The molecule has 3 N–H and O–H groups in total. The molecule has 0 radical (unpaired) electrons. The Bertz CT molecular complexity index is 1390. The van der Waals surface area contributed by atoms with E-state index in [0.717, 1.165) is 32.1 Å². The van der Waals surface area contributed by atoms with E-state index in [-0.39, 0.29) is 45.8 Å². The van der Waals surface area contributed by atoms with Gasteiger partial charge in [0.25, 0.3) is 0 Å². The molecule has 1 unspecified atom stereocenters. The highest BCUT2D eigenvalue weighted by Crippen LogP contribution is 2.76. The first-order valence-corrected chi connectivity index (χ1v) is 18.0. The van der Waals surface area contributed by atoms with Gasteiger partial charge >= 0.3 is 26.8 Å². The minimum absolute atomic E-state index is 0.0203. The van der Waals surface area contributed by atoms with Crippen LogP contribution in [0, 0.1) is 50.2 Å². The smallest absolute Gasteiger partial charge is 0.397 e. The molecule has 5 aliphatic carbocycles. The highest BCUT2D eigenvalue weighted by Gasteiger charge is 2.70. The molecule has 4 fully saturated rings. The molecule has 0 heterocycles. The normalized spacial score (nSPS) is 46.8. The van der Waals surface area contributed by atoms with Crippen molar-refractivity contribution >= 4 is 26.8 Å². The lowest BCUT2D eigenvalue weighted by molar-refractivity contribution is -0.211. The second-order valence-electron chi connectivity index (χ2n) is 15.9. The summed E-state index contributed by atoms with van der Waals surface area (Å²) in [6.07, 6.45) is 8.20. The van der Waals surface area contributed by atoms with Gasteiger partial charge in [0.2, 0.25) is 0 Å². The quantitative estimate of drug-likeness (QED) is 0.239. The van der Waals surface area contributed by atoms with Crippen LogP contribution >= 0.6 is 0 Å². The molecule has 0 aromatic carbocycles. The molecular weight excluding hydrogens is 584 g/mol. The van der Waals surface area contributed by atoms with Gasteiger partial charge in [-0.25, -0.2) is 8.37 Å². The number of carboxylic acid groups (broad SMARTS) is 1. The van der Waals surface area contributed by atoms with Crippen LogP contribution in [-0.4, -0.2) is 49.7 Å². The number of carbonyl (C=O) groups is 1. The van der Waals surface area contributed by atoms with Crippen molar-refractivity contribution in [1.82, 2.24) is 0 Å². The highest BCUT2D eigenvalue weighted by atomic mass is 32.3. The number of rotatable bonds is 6. The Morgan fingerprint density at radius 3 is 2.12 bits per heavy atom. The minimum Gasteiger partial charge on any atom is -0.481 e. The molecule has 240 valence electrons. The van der Waals surface area contributed by atoms with Gasteiger partial charge in [0.05, 0.1) is 18.1 Å². The Kier molecular flexibility index (Phi) is 7.49. The number of allylic oxidation sites excluding steroid dienone is 2. The lowest BCUT2D eigenvalue weighted by atomic mass is 9.33. The predicted octanol–water partition coefficient (Wildman–Crippen LogP) is 5.86. The van der Waals surface area contributed by atoms with E-state index in [9.17, 15) is 35.8 Å². The van der Waals surface area contributed by atoms with Crippen LogP contribution in [-0.2, 0) is 34.0 Å². The summed E-state index contributed by atoms with van der Waals surface area (Å²) < 4.78 is 75.9. The Labute approximate surface area is 250 Å². The predicted molar refractivity (Wildman–Crippen MR) is 155 cm³/mol. The molecule has 9 atom stereocenters. The largest absolute Gasteiger partial charge is 0.481 e. The average Bonchev–Trinajstić information content (AvgIpc) is 2.83. The Morgan fingerprint density at radius 1 is 0.881 bits per heavy atom. The van der Waals surface area contributed by atoms with Gasteiger partial charge in [0, 0.05) is 5.41 Å². The van der Waals surface area contributed by atoms with Crippen LogP contribution in [0.15, 0.2) is 11.6 Å². The summed E-state index contributed by atoms with van der Waals surface area (Å²) in [5.41, 5.74) is -1.26. The van der Waals surface area contributed by atoms with Crippen LogP contribution in [0.2, 0.25) is 0 Å². The van der Waals surface area contributed by atoms with Crippen LogP contribution in [0.4, 0.5) is 0 Å². The summed E-state index contributed by atoms with van der Waals surface area (Å²) in [5, 5.41) is 10.6. The maximum Gasteiger partial charge on any atom is 0.397 e. The molecule has 0 amide bonds. The third-order valence-corrected chi connectivity index (χ3v) is 14.5. The molecule has 10 nitrogen and oxygen atoms in total. The Hall–Kier alpha value is -1.05. The maximum atomic E-state index is 12.9. The van der Waals surface area contributed by atoms with Gasteiger partial charge in [-0.15, -0.1) is 0 Å². The van der Waals surface area contributed by atoms with Gasteiger partial charge in [-0.1, -0.05) is 53.2 Å². The molecular formula is C30H48O10S2. The summed E-state index contributed by atoms with van der Waals surface area (Å²) in [4.78, 5) is 12.9. The van der Waals surface area contributed by atoms with Crippen LogP contribution in [0.1, 0.15) is 106 Å². The fraction of sp³-hybridized carbons (Fsp3) is 0.900. The highest BCUT2D eigenvalue weighted by molar-refractivity contribution is 7.81. The Balaban J connectivity index is 1.57. The van der Waals surface area contributed by atoms with Gasteiger partial charge < -0.3 is 5.11 Å². The first-order valence-electron chi connectivity index (χ1n) is 15.2. The lowest BCUT2D eigenvalue weighted by Crippen LogP contribution is -2.66. The van der Waals surface area contributed by atoms with E-state index < -0.39 is 50.3 Å². The molecule has 0 spiro atoms. The van der Waals surface area contributed by atoms with Crippen LogP contribution < -0.4 is 0 Å². The average molecular weight is 633 g/mol. The molecule has 0 aromatic heterocycles. The van der Waals surface area contributed by atoms with Crippen molar-refractivity contribution in [1.29, 1.82) is 0 Å². The zero-order valence-corrected chi connectivity index (χ0v) is 27.3. The summed E-state index contributed by atoms with van der Waals surface area (Å²) in [6.45, 7) is 12.6. The topological polar surface area (TPSA) is 164 Å². The van der Waals surface area contributed by atoms with Crippen LogP contribution in [0.5, 0.6) is 0 Å². The molecule has 0 aliphatic heterocycles. The number of hydrogen-bond donors (Lipinski definition) is 3. The summed E-state index contributed by atoms with van der Waals surface area (Å²) >= 11 is 0. The van der Waals surface area contributed by atoms with Crippen molar-refractivity contribution in [2.24, 2.45) is 50.2 Å². The monoisotopic (exact) mass is 632 g/mol. The van der Waals surface area contributed by atoms with Crippen molar-refractivity contribution in [2.75, 3.05) is 6.61 Å². The molecule has 42 heavy (non-hydrogen) atoms. The van der Waals surface area contributed by atoms with Crippen molar-refractivity contribution in [3.05, 3.63) is 11.6 Å². The molecule has 12 heteroatoms. The second kappa shape index (κ2) is 9.72. The first kappa shape index (κ1) is 32.3. The van der Waals surface area contributed by atoms with E-state index in [1.165, 1.54) is 5.57 Å². The van der Waals surface area contributed by atoms with E-state index in [1.54, 1.807) is 6.92 Å². The summed E-state index contributed by atoms with van der Waals surface area (Å²) in [5.74, 6) is -0.767. The van der Waals surface area contributed by atoms with E-state index in [4.69, 9.17) is 8.37 Å². The number of aliphatic carboxylic acids is 1. The summed E-state index contributed by atoms with van der Waals surface area (Å²) in [7, 11) is -9.63. The van der Waals surface area contributed by atoms with Gasteiger partial charge in [-0.3, -0.25) is 13.9 Å². The first-order chi connectivity index (χ1) is 19.0. The van der Waals surface area contributed by atoms with E-state index in [1.807, 2.05) is 0 Å². The molecule has 0 aromatic rings. The molecule has 5 aliphatic rings.